The molecule has 0 unspecified atom stereocenters. The Hall–Kier alpha value is -1.64. The summed E-state index contributed by atoms with van der Waals surface area (Å²) >= 11 is 2.09. The molecule has 126 valence electrons. The zero-order valence-electron chi connectivity index (χ0n) is 13.5. The topological polar surface area (TPSA) is 75.7 Å². The van der Waals surface area contributed by atoms with E-state index in [-0.39, 0.29) is 25.1 Å². The maximum Gasteiger partial charge on any atom is 0.338 e. The lowest BCUT2D eigenvalue weighted by Crippen LogP contribution is -2.44. The summed E-state index contributed by atoms with van der Waals surface area (Å²) < 4.78 is 5.93. The van der Waals surface area contributed by atoms with Crippen LogP contribution >= 0.6 is 22.6 Å². The van der Waals surface area contributed by atoms with Gasteiger partial charge in [0.2, 0.25) is 5.91 Å². The predicted octanol–water partition coefficient (Wildman–Crippen LogP) is 1.82. The first-order valence-corrected chi connectivity index (χ1v) is 8.41. The molecule has 0 aromatic heterocycles. The van der Waals surface area contributed by atoms with Crippen LogP contribution in [0.15, 0.2) is 24.3 Å². The molecule has 0 radical (unpaired) electrons. The summed E-state index contributed by atoms with van der Waals surface area (Å²) in [5.41, 5.74) is 0.394. The van der Waals surface area contributed by atoms with E-state index in [9.17, 15) is 14.4 Å². The smallest absolute Gasteiger partial charge is 0.338 e. The molecule has 0 saturated heterocycles. The van der Waals surface area contributed by atoms with Crippen molar-refractivity contribution in [2.45, 2.75) is 26.8 Å². The van der Waals surface area contributed by atoms with Gasteiger partial charge in [0.05, 0.1) is 12.1 Å². The van der Waals surface area contributed by atoms with E-state index < -0.39 is 11.9 Å². The van der Waals surface area contributed by atoms with Crippen LogP contribution in [0.25, 0.3) is 0 Å². The number of nitrogens with one attached hydrogen (secondary N) is 1. The van der Waals surface area contributed by atoms with Crippen LogP contribution in [0, 0.1) is 3.57 Å². The zero-order chi connectivity index (χ0) is 17.4. The normalized spacial score (nSPS) is 10.3. The Kier molecular flexibility index (Phi) is 8.01. The first kappa shape index (κ1) is 19.4. The fourth-order valence-electron chi connectivity index (χ4n) is 1.83. The molecule has 6 nitrogen and oxygen atoms in total. The third-order valence-corrected chi connectivity index (χ3v) is 3.58. The first-order chi connectivity index (χ1) is 10.8. The maximum absolute atomic E-state index is 12.1. The summed E-state index contributed by atoms with van der Waals surface area (Å²) in [6.07, 6.45) is 0. The van der Waals surface area contributed by atoms with E-state index in [0.717, 1.165) is 3.57 Å². The van der Waals surface area contributed by atoms with Crippen molar-refractivity contribution in [1.82, 2.24) is 10.2 Å². The van der Waals surface area contributed by atoms with Crippen molar-refractivity contribution in [2.24, 2.45) is 0 Å². The van der Waals surface area contributed by atoms with E-state index in [0.29, 0.717) is 12.1 Å². The Morgan fingerprint density at radius 2 is 2.00 bits per heavy atom. The molecule has 0 aliphatic heterocycles. The van der Waals surface area contributed by atoms with Gasteiger partial charge in [-0.2, -0.15) is 0 Å². The number of hydrogen-bond acceptors (Lipinski definition) is 4. The lowest BCUT2D eigenvalue weighted by Gasteiger charge is -2.21. The number of ether oxygens (including phenoxy) is 1. The number of carbonyl (C=O) groups excluding carboxylic acids is 3. The number of hydrogen-bond donors (Lipinski definition) is 1. The van der Waals surface area contributed by atoms with Gasteiger partial charge in [-0.1, -0.05) is 6.07 Å². The van der Waals surface area contributed by atoms with Gasteiger partial charge in [-0.05, 0) is 61.6 Å². The number of benzene rings is 1. The predicted molar refractivity (Wildman–Crippen MR) is 95.0 cm³/mol. The summed E-state index contributed by atoms with van der Waals surface area (Å²) in [7, 11) is 0. The van der Waals surface area contributed by atoms with Crippen molar-refractivity contribution in [1.29, 1.82) is 0 Å². The largest absolute Gasteiger partial charge is 0.452 e. The average molecular weight is 432 g/mol. The van der Waals surface area contributed by atoms with Crippen molar-refractivity contribution in [2.75, 3.05) is 19.7 Å². The highest BCUT2D eigenvalue weighted by Crippen LogP contribution is 2.09. The fourth-order valence-corrected chi connectivity index (χ4v) is 2.38. The molecular weight excluding hydrogens is 411 g/mol. The van der Waals surface area contributed by atoms with Gasteiger partial charge in [0.15, 0.2) is 6.61 Å². The highest BCUT2D eigenvalue weighted by molar-refractivity contribution is 14.1. The van der Waals surface area contributed by atoms with E-state index in [1.54, 1.807) is 25.1 Å². The molecule has 0 spiro atoms. The van der Waals surface area contributed by atoms with Crippen LogP contribution in [0.3, 0.4) is 0 Å². The zero-order valence-corrected chi connectivity index (χ0v) is 15.6. The number of nitrogens with zero attached hydrogens (tertiary/aromatic N) is 1. The minimum atomic E-state index is -0.556. The minimum absolute atomic E-state index is 0.00897. The van der Waals surface area contributed by atoms with Gasteiger partial charge >= 0.3 is 5.97 Å². The standard InChI is InChI=1S/C16H21IN2O4/c1-4-19(9-14(20)18-11(2)3)15(21)10-23-16(22)12-6-5-7-13(17)8-12/h5-8,11H,4,9-10H2,1-3H3,(H,18,20). The van der Waals surface area contributed by atoms with Crippen molar-refractivity contribution >= 4 is 40.4 Å². The number of carbonyl (C=O) groups is 3. The van der Waals surface area contributed by atoms with Crippen LogP contribution in [-0.2, 0) is 14.3 Å². The average Bonchev–Trinajstić information content (AvgIpc) is 2.49. The summed E-state index contributed by atoms with van der Waals surface area (Å²) in [5, 5.41) is 2.72. The number of likely N-dealkylation sites (N-methyl/N-ethyl adjacent to an activating group) is 1. The molecular formula is C16H21IN2O4. The van der Waals surface area contributed by atoms with Crippen LogP contribution in [-0.4, -0.2) is 48.4 Å². The molecule has 1 aromatic rings. The van der Waals surface area contributed by atoms with Crippen LogP contribution in [0.5, 0.6) is 0 Å². The fraction of sp³-hybridized carbons (Fsp3) is 0.438. The molecule has 0 atom stereocenters. The first-order valence-electron chi connectivity index (χ1n) is 7.33. The van der Waals surface area contributed by atoms with E-state index >= 15 is 0 Å². The van der Waals surface area contributed by atoms with Crippen LogP contribution in [0.2, 0.25) is 0 Å². The molecule has 1 aromatic carbocycles. The Balaban J connectivity index is 2.53. The van der Waals surface area contributed by atoms with Gasteiger partial charge in [-0.15, -0.1) is 0 Å². The summed E-state index contributed by atoms with van der Waals surface area (Å²) in [4.78, 5) is 37.0. The third kappa shape index (κ3) is 6.98. The second-order valence-corrected chi connectivity index (χ2v) is 6.46. The SMILES string of the molecule is CCN(CC(=O)NC(C)C)C(=O)COC(=O)c1cccc(I)c1. The van der Waals surface area contributed by atoms with Gasteiger partial charge in [-0.3, -0.25) is 9.59 Å². The summed E-state index contributed by atoms with van der Waals surface area (Å²) in [6, 6.07) is 6.92. The van der Waals surface area contributed by atoms with Crippen molar-refractivity contribution in [3.05, 3.63) is 33.4 Å². The van der Waals surface area contributed by atoms with Crippen molar-refractivity contribution < 1.29 is 19.1 Å². The second-order valence-electron chi connectivity index (χ2n) is 5.22. The molecule has 23 heavy (non-hydrogen) atoms. The molecule has 0 heterocycles. The number of esters is 1. The second kappa shape index (κ2) is 9.49. The Morgan fingerprint density at radius 3 is 2.57 bits per heavy atom. The molecule has 1 N–H and O–H groups in total. The lowest BCUT2D eigenvalue weighted by molar-refractivity contribution is -0.138. The molecule has 2 amide bonds. The Bertz CT molecular complexity index is 575. The molecule has 0 fully saturated rings. The number of amides is 2. The third-order valence-electron chi connectivity index (χ3n) is 2.91. The summed E-state index contributed by atoms with van der Waals surface area (Å²) in [6.45, 7) is 5.40. The Labute approximate surface area is 149 Å². The van der Waals surface area contributed by atoms with Gasteiger partial charge in [0, 0.05) is 16.2 Å². The lowest BCUT2D eigenvalue weighted by atomic mass is 10.2. The Morgan fingerprint density at radius 1 is 1.30 bits per heavy atom. The van der Waals surface area contributed by atoms with Gasteiger partial charge in [-0.25, -0.2) is 4.79 Å². The molecule has 0 bridgehead atoms. The van der Waals surface area contributed by atoms with E-state index in [4.69, 9.17) is 4.74 Å². The van der Waals surface area contributed by atoms with Crippen molar-refractivity contribution in [3.8, 4) is 0 Å². The summed E-state index contributed by atoms with van der Waals surface area (Å²) in [5.74, 6) is -1.19. The molecule has 0 aliphatic carbocycles. The van der Waals surface area contributed by atoms with Crippen LogP contribution in [0.4, 0.5) is 0 Å². The highest BCUT2D eigenvalue weighted by Gasteiger charge is 2.18. The van der Waals surface area contributed by atoms with Crippen molar-refractivity contribution in [3.63, 3.8) is 0 Å². The highest BCUT2D eigenvalue weighted by atomic mass is 127. The number of rotatable bonds is 7. The molecule has 1 rings (SSSR count). The monoisotopic (exact) mass is 432 g/mol. The quantitative estimate of drug-likeness (QED) is 0.527. The molecule has 0 saturated carbocycles. The van der Waals surface area contributed by atoms with E-state index in [2.05, 4.69) is 27.9 Å². The van der Waals surface area contributed by atoms with Crippen LogP contribution < -0.4 is 5.32 Å². The molecule has 7 heteroatoms. The maximum atomic E-state index is 12.1. The van der Waals surface area contributed by atoms with E-state index in [1.807, 2.05) is 19.9 Å². The van der Waals surface area contributed by atoms with E-state index in [1.165, 1.54) is 4.90 Å². The molecule has 0 aliphatic rings. The van der Waals surface area contributed by atoms with Gasteiger partial charge < -0.3 is 15.0 Å². The van der Waals surface area contributed by atoms with Gasteiger partial charge in [0.1, 0.15) is 0 Å². The van der Waals surface area contributed by atoms with Crippen LogP contribution in [0.1, 0.15) is 31.1 Å². The number of halogens is 1. The van der Waals surface area contributed by atoms with Gasteiger partial charge in [0.25, 0.3) is 5.91 Å². The minimum Gasteiger partial charge on any atom is -0.452 e.